The summed E-state index contributed by atoms with van der Waals surface area (Å²) >= 11 is 0. The summed E-state index contributed by atoms with van der Waals surface area (Å²) in [6.07, 6.45) is 4.69. The van der Waals surface area contributed by atoms with Crippen LogP contribution in [-0.4, -0.2) is 42.4 Å². The molecule has 0 unspecified atom stereocenters. The SMILES string of the molecule is CC(C)C(=O)NC1CCN(C(=O)C2(CN)CCC2)CC1. The minimum absolute atomic E-state index is 0.0187. The van der Waals surface area contributed by atoms with E-state index in [1.807, 2.05) is 18.7 Å². The molecule has 5 nitrogen and oxygen atoms in total. The van der Waals surface area contributed by atoms with Crippen molar-refractivity contribution in [2.45, 2.75) is 52.0 Å². The van der Waals surface area contributed by atoms with Gasteiger partial charge in [0.1, 0.15) is 0 Å². The highest BCUT2D eigenvalue weighted by Crippen LogP contribution is 2.41. The van der Waals surface area contributed by atoms with Gasteiger partial charge in [0.15, 0.2) is 0 Å². The van der Waals surface area contributed by atoms with Gasteiger partial charge < -0.3 is 16.0 Å². The molecule has 1 aliphatic heterocycles. The second-order valence-corrected chi connectivity index (χ2v) is 6.57. The lowest BCUT2D eigenvalue weighted by atomic mass is 9.67. The molecule has 1 saturated heterocycles. The Labute approximate surface area is 121 Å². The largest absolute Gasteiger partial charge is 0.353 e. The standard InChI is InChI=1S/C15H27N3O2/c1-11(2)13(19)17-12-4-8-18(9-5-12)14(20)15(10-16)6-3-7-15/h11-12H,3-10,16H2,1-2H3,(H,17,19). The highest BCUT2D eigenvalue weighted by Gasteiger charge is 2.45. The van der Waals surface area contributed by atoms with Crippen LogP contribution in [0.5, 0.6) is 0 Å². The molecule has 1 aliphatic carbocycles. The predicted molar refractivity (Wildman–Crippen MR) is 77.9 cm³/mol. The van der Waals surface area contributed by atoms with E-state index < -0.39 is 0 Å². The minimum Gasteiger partial charge on any atom is -0.353 e. The van der Waals surface area contributed by atoms with Gasteiger partial charge >= 0.3 is 0 Å². The summed E-state index contributed by atoms with van der Waals surface area (Å²) in [7, 11) is 0. The van der Waals surface area contributed by atoms with Gasteiger partial charge in [-0.3, -0.25) is 9.59 Å². The van der Waals surface area contributed by atoms with Crippen LogP contribution in [0.15, 0.2) is 0 Å². The van der Waals surface area contributed by atoms with E-state index in [2.05, 4.69) is 5.32 Å². The van der Waals surface area contributed by atoms with E-state index >= 15 is 0 Å². The molecule has 2 amide bonds. The number of likely N-dealkylation sites (tertiary alicyclic amines) is 1. The molecule has 0 aromatic rings. The number of amides is 2. The Bertz CT molecular complexity index is 364. The minimum atomic E-state index is -0.270. The van der Waals surface area contributed by atoms with Crippen LogP contribution in [0.1, 0.15) is 46.0 Å². The second kappa shape index (κ2) is 6.12. The zero-order chi connectivity index (χ0) is 14.8. The number of nitrogens with zero attached hydrogens (tertiary/aromatic N) is 1. The van der Waals surface area contributed by atoms with Crippen molar-refractivity contribution < 1.29 is 9.59 Å². The van der Waals surface area contributed by atoms with Crippen molar-refractivity contribution in [3.8, 4) is 0 Å². The molecule has 1 saturated carbocycles. The fourth-order valence-corrected chi connectivity index (χ4v) is 3.04. The van der Waals surface area contributed by atoms with Crippen molar-refractivity contribution in [3.05, 3.63) is 0 Å². The Hall–Kier alpha value is -1.10. The maximum absolute atomic E-state index is 12.5. The smallest absolute Gasteiger partial charge is 0.230 e. The second-order valence-electron chi connectivity index (χ2n) is 6.57. The molecule has 5 heteroatoms. The van der Waals surface area contributed by atoms with E-state index in [4.69, 9.17) is 5.73 Å². The first-order valence-electron chi connectivity index (χ1n) is 7.78. The summed E-state index contributed by atoms with van der Waals surface area (Å²) in [6, 6.07) is 0.212. The Morgan fingerprint density at radius 2 is 1.90 bits per heavy atom. The summed E-state index contributed by atoms with van der Waals surface area (Å²) in [5, 5.41) is 3.06. The Kier molecular flexibility index (Phi) is 4.68. The molecular formula is C15H27N3O2. The van der Waals surface area contributed by atoms with Crippen LogP contribution in [0, 0.1) is 11.3 Å². The molecule has 0 atom stereocenters. The first kappa shape index (κ1) is 15.3. The van der Waals surface area contributed by atoms with E-state index in [9.17, 15) is 9.59 Å². The van der Waals surface area contributed by atoms with E-state index in [0.29, 0.717) is 6.54 Å². The lowest BCUT2D eigenvalue weighted by Gasteiger charge is -2.44. The number of hydrogen-bond donors (Lipinski definition) is 2. The lowest BCUT2D eigenvalue weighted by molar-refractivity contribution is -0.147. The van der Waals surface area contributed by atoms with Crippen LogP contribution in [0.3, 0.4) is 0 Å². The van der Waals surface area contributed by atoms with Crippen LogP contribution in [-0.2, 0) is 9.59 Å². The van der Waals surface area contributed by atoms with Crippen molar-refractivity contribution in [3.63, 3.8) is 0 Å². The average Bonchev–Trinajstić information content (AvgIpc) is 2.38. The first-order chi connectivity index (χ1) is 9.48. The molecule has 1 heterocycles. The molecule has 0 spiro atoms. The summed E-state index contributed by atoms with van der Waals surface area (Å²) in [5.41, 5.74) is 5.53. The number of carbonyl (C=O) groups is 2. The number of rotatable bonds is 4. The van der Waals surface area contributed by atoms with Gasteiger partial charge in [-0.1, -0.05) is 20.3 Å². The van der Waals surface area contributed by atoms with Crippen LogP contribution >= 0.6 is 0 Å². The normalized spacial score (nSPS) is 22.5. The third-order valence-electron chi connectivity index (χ3n) is 4.81. The predicted octanol–water partition coefficient (Wildman–Crippen LogP) is 0.879. The number of nitrogens with one attached hydrogen (secondary N) is 1. The third kappa shape index (κ3) is 2.97. The molecule has 2 fully saturated rings. The molecule has 2 rings (SSSR count). The summed E-state index contributed by atoms with van der Waals surface area (Å²) in [6.45, 7) is 5.74. The zero-order valence-electron chi connectivity index (χ0n) is 12.7. The number of nitrogens with two attached hydrogens (primary N) is 1. The maximum Gasteiger partial charge on any atom is 0.230 e. The van der Waals surface area contributed by atoms with Gasteiger partial charge in [0.05, 0.1) is 5.41 Å². The van der Waals surface area contributed by atoms with Gasteiger partial charge in [0.25, 0.3) is 0 Å². The molecule has 0 radical (unpaired) electrons. The lowest BCUT2D eigenvalue weighted by Crippen LogP contribution is -2.55. The molecule has 0 aromatic carbocycles. The third-order valence-corrected chi connectivity index (χ3v) is 4.81. The maximum atomic E-state index is 12.5. The van der Waals surface area contributed by atoms with Gasteiger partial charge in [-0.2, -0.15) is 0 Å². The van der Waals surface area contributed by atoms with Gasteiger partial charge in [-0.05, 0) is 25.7 Å². The molecular weight excluding hydrogens is 254 g/mol. The highest BCUT2D eigenvalue weighted by atomic mass is 16.2. The zero-order valence-corrected chi connectivity index (χ0v) is 12.7. The first-order valence-corrected chi connectivity index (χ1v) is 7.78. The van der Waals surface area contributed by atoms with E-state index in [-0.39, 0.29) is 29.2 Å². The van der Waals surface area contributed by atoms with Crippen molar-refractivity contribution in [1.29, 1.82) is 0 Å². The molecule has 0 bridgehead atoms. The quantitative estimate of drug-likeness (QED) is 0.803. The summed E-state index contributed by atoms with van der Waals surface area (Å²) in [4.78, 5) is 26.2. The van der Waals surface area contributed by atoms with E-state index in [1.54, 1.807) is 0 Å². The fourth-order valence-electron chi connectivity index (χ4n) is 3.04. The van der Waals surface area contributed by atoms with E-state index in [1.165, 1.54) is 0 Å². The van der Waals surface area contributed by atoms with E-state index in [0.717, 1.165) is 45.2 Å². The average molecular weight is 281 g/mol. The van der Waals surface area contributed by atoms with Crippen LogP contribution in [0.25, 0.3) is 0 Å². The molecule has 0 aromatic heterocycles. The molecule has 20 heavy (non-hydrogen) atoms. The van der Waals surface area contributed by atoms with Crippen LogP contribution in [0.2, 0.25) is 0 Å². The van der Waals surface area contributed by atoms with Crippen LogP contribution < -0.4 is 11.1 Å². The Morgan fingerprint density at radius 1 is 1.30 bits per heavy atom. The summed E-state index contributed by atoms with van der Waals surface area (Å²) in [5.74, 6) is 0.359. The van der Waals surface area contributed by atoms with Gasteiger partial charge in [0, 0.05) is 31.6 Å². The number of carbonyl (C=O) groups excluding carboxylic acids is 2. The van der Waals surface area contributed by atoms with Gasteiger partial charge in [-0.25, -0.2) is 0 Å². The molecule has 2 aliphatic rings. The van der Waals surface area contributed by atoms with Crippen molar-refractivity contribution in [1.82, 2.24) is 10.2 Å². The topological polar surface area (TPSA) is 75.4 Å². The van der Waals surface area contributed by atoms with Crippen molar-refractivity contribution >= 4 is 11.8 Å². The fraction of sp³-hybridized carbons (Fsp3) is 0.867. The van der Waals surface area contributed by atoms with Crippen LogP contribution in [0.4, 0.5) is 0 Å². The van der Waals surface area contributed by atoms with Crippen molar-refractivity contribution in [2.75, 3.05) is 19.6 Å². The monoisotopic (exact) mass is 281 g/mol. The summed E-state index contributed by atoms with van der Waals surface area (Å²) < 4.78 is 0. The molecule has 3 N–H and O–H groups in total. The Balaban J connectivity index is 1.82. The number of piperidine rings is 1. The highest BCUT2D eigenvalue weighted by molar-refractivity contribution is 5.84. The van der Waals surface area contributed by atoms with Gasteiger partial charge in [0.2, 0.25) is 11.8 Å². The molecule has 114 valence electrons. The Morgan fingerprint density at radius 3 is 2.30 bits per heavy atom. The van der Waals surface area contributed by atoms with Gasteiger partial charge in [-0.15, -0.1) is 0 Å². The number of hydrogen-bond acceptors (Lipinski definition) is 3. The van der Waals surface area contributed by atoms with Crippen molar-refractivity contribution in [2.24, 2.45) is 17.1 Å².